The zero-order valence-corrected chi connectivity index (χ0v) is 19.0. The third-order valence-electron chi connectivity index (χ3n) is 6.17. The Kier molecular flexibility index (Phi) is 5.62. The Balaban J connectivity index is 1.43. The van der Waals surface area contributed by atoms with Crippen molar-refractivity contribution >= 4 is 39.8 Å². The molecule has 0 unspecified atom stereocenters. The van der Waals surface area contributed by atoms with Gasteiger partial charge in [0.1, 0.15) is 5.75 Å². The van der Waals surface area contributed by atoms with E-state index in [0.29, 0.717) is 16.7 Å². The second kappa shape index (κ2) is 8.71. The van der Waals surface area contributed by atoms with Crippen LogP contribution in [0, 0.1) is 5.92 Å². The summed E-state index contributed by atoms with van der Waals surface area (Å²) in [6.45, 7) is 4.47. The summed E-state index contributed by atoms with van der Waals surface area (Å²) in [5.74, 6) is 2.02. The predicted molar refractivity (Wildman–Crippen MR) is 131 cm³/mol. The molecule has 1 saturated heterocycles. The van der Waals surface area contributed by atoms with Crippen molar-refractivity contribution in [2.24, 2.45) is 5.92 Å². The predicted octanol–water partition coefficient (Wildman–Crippen LogP) is 6.27. The number of halogens is 1. The van der Waals surface area contributed by atoms with Gasteiger partial charge in [-0.1, -0.05) is 36.7 Å². The van der Waals surface area contributed by atoms with Gasteiger partial charge >= 0.3 is 0 Å². The number of fused-ring (bicyclic) bond motifs is 1. The molecule has 32 heavy (non-hydrogen) atoms. The number of aromatic amines is 1. The zero-order chi connectivity index (χ0) is 22.1. The van der Waals surface area contributed by atoms with Gasteiger partial charge in [-0.3, -0.25) is 0 Å². The summed E-state index contributed by atoms with van der Waals surface area (Å²) < 4.78 is 5.68. The summed E-state index contributed by atoms with van der Waals surface area (Å²) in [5, 5.41) is 4.87. The Morgan fingerprint density at radius 2 is 1.97 bits per heavy atom. The maximum atomic E-state index is 6.47. The lowest BCUT2D eigenvalue weighted by Gasteiger charge is -2.32. The number of methoxy groups -OCH3 is 1. The second-order valence-electron chi connectivity index (χ2n) is 8.32. The van der Waals surface area contributed by atoms with Crippen LogP contribution >= 0.6 is 11.6 Å². The van der Waals surface area contributed by atoms with Gasteiger partial charge in [0.15, 0.2) is 0 Å². The molecule has 1 aliphatic rings. The molecule has 2 N–H and O–H groups in total. The normalized spacial score (nSPS) is 14.7. The van der Waals surface area contributed by atoms with Gasteiger partial charge in [0.25, 0.3) is 0 Å². The highest BCUT2D eigenvalue weighted by atomic mass is 35.5. The first-order valence-corrected chi connectivity index (χ1v) is 11.3. The highest BCUT2D eigenvalue weighted by Crippen LogP contribution is 2.35. The van der Waals surface area contributed by atoms with Crippen LogP contribution in [0.2, 0.25) is 5.02 Å². The second-order valence-corrected chi connectivity index (χ2v) is 8.72. The van der Waals surface area contributed by atoms with E-state index in [4.69, 9.17) is 21.3 Å². The monoisotopic (exact) mass is 447 g/mol. The summed E-state index contributed by atoms with van der Waals surface area (Å²) in [7, 11) is 1.68. The van der Waals surface area contributed by atoms with Crippen molar-refractivity contribution in [3.8, 4) is 17.0 Å². The fraction of sp³-hybridized carbons (Fsp3) is 0.280. The molecule has 0 atom stereocenters. The Morgan fingerprint density at radius 3 is 2.78 bits per heavy atom. The number of hydrogen-bond donors (Lipinski definition) is 2. The minimum absolute atomic E-state index is 0.465. The summed E-state index contributed by atoms with van der Waals surface area (Å²) in [5.41, 5.74) is 4.65. The maximum absolute atomic E-state index is 6.47. The largest absolute Gasteiger partial charge is 0.494 e. The molecule has 3 heterocycles. The molecule has 5 rings (SSSR count). The molecule has 0 bridgehead atoms. The summed E-state index contributed by atoms with van der Waals surface area (Å²) in [4.78, 5) is 14.8. The molecule has 0 saturated carbocycles. The molecular weight excluding hydrogens is 422 g/mol. The van der Waals surface area contributed by atoms with Crippen molar-refractivity contribution in [2.45, 2.75) is 19.8 Å². The quantitative estimate of drug-likeness (QED) is 0.377. The highest BCUT2D eigenvalue weighted by molar-refractivity contribution is 6.33. The molecule has 1 fully saturated rings. The first-order chi connectivity index (χ1) is 15.6. The van der Waals surface area contributed by atoms with Gasteiger partial charge in [0.2, 0.25) is 5.95 Å². The van der Waals surface area contributed by atoms with E-state index in [1.807, 2.05) is 30.5 Å². The first kappa shape index (κ1) is 20.6. The molecule has 164 valence electrons. The first-order valence-electron chi connectivity index (χ1n) is 10.9. The Bertz CT molecular complexity index is 1250. The molecule has 1 aliphatic heterocycles. The lowest BCUT2D eigenvalue weighted by Crippen LogP contribution is -2.32. The Hall–Kier alpha value is -3.25. The third-order valence-corrected chi connectivity index (χ3v) is 6.45. The van der Waals surface area contributed by atoms with Crippen LogP contribution in [0.25, 0.3) is 22.2 Å². The Labute approximate surface area is 192 Å². The lowest BCUT2D eigenvalue weighted by molar-refractivity contribution is 0.415. The van der Waals surface area contributed by atoms with Crippen molar-refractivity contribution in [2.75, 3.05) is 30.4 Å². The molecule has 0 aliphatic carbocycles. The number of hydrogen-bond acceptors (Lipinski definition) is 5. The van der Waals surface area contributed by atoms with Crippen LogP contribution < -0.4 is 15.0 Å². The van der Waals surface area contributed by atoms with Gasteiger partial charge in [-0.25, -0.2) is 9.97 Å². The number of nitrogens with zero attached hydrogens (tertiary/aromatic N) is 3. The van der Waals surface area contributed by atoms with Crippen LogP contribution in [-0.2, 0) is 0 Å². The lowest BCUT2D eigenvalue weighted by atomic mass is 9.99. The number of aromatic nitrogens is 3. The van der Waals surface area contributed by atoms with Crippen LogP contribution in [0.15, 0.2) is 54.9 Å². The smallest absolute Gasteiger partial charge is 0.227 e. The number of anilines is 3. The Morgan fingerprint density at radius 1 is 1.16 bits per heavy atom. The van der Waals surface area contributed by atoms with Crippen LogP contribution in [0.1, 0.15) is 19.8 Å². The highest BCUT2D eigenvalue weighted by Gasteiger charge is 2.18. The minimum atomic E-state index is 0.465. The number of piperidine rings is 1. The molecule has 7 heteroatoms. The molecule has 0 amide bonds. The van der Waals surface area contributed by atoms with E-state index in [1.165, 1.54) is 18.5 Å². The van der Waals surface area contributed by atoms with Crippen molar-refractivity contribution in [1.82, 2.24) is 15.0 Å². The molecule has 2 aromatic heterocycles. The molecule has 0 radical (unpaired) electrons. The van der Waals surface area contributed by atoms with Gasteiger partial charge in [-0.15, -0.1) is 0 Å². The fourth-order valence-electron chi connectivity index (χ4n) is 4.25. The molecule has 6 nitrogen and oxygen atoms in total. The third kappa shape index (κ3) is 3.98. The fourth-order valence-corrected chi connectivity index (χ4v) is 4.44. The van der Waals surface area contributed by atoms with Gasteiger partial charge in [0, 0.05) is 47.5 Å². The van der Waals surface area contributed by atoms with E-state index in [2.05, 4.69) is 45.3 Å². The van der Waals surface area contributed by atoms with Crippen molar-refractivity contribution < 1.29 is 4.74 Å². The number of para-hydroxylation sites is 1. The average Bonchev–Trinajstić information content (AvgIpc) is 3.25. The average molecular weight is 448 g/mol. The van der Waals surface area contributed by atoms with Gasteiger partial charge in [0.05, 0.1) is 29.7 Å². The summed E-state index contributed by atoms with van der Waals surface area (Å²) in [6, 6.07) is 14.3. The van der Waals surface area contributed by atoms with Crippen LogP contribution in [0.4, 0.5) is 17.3 Å². The van der Waals surface area contributed by atoms with Gasteiger partial charge in [-0.05, 0) is 37.0 Å². The van der Waals surface area contributed by atoms with Crippen LogP contribution in [0.5, 0.6) is 5.75 Å². The van der Waals surface area contributed by atoms with Gasteiger partial charge < -0.3 is 19.9 Å². The van der Waals surface area contributed by atoms with Crippen molar-refractivity contribution in [3.05, 3.63) is 59.9 Å². The summed E-state index contributed by atoms with van der Waals surface area (Å²) >= 11 is 6.47. The maximum Gasteiger partial charge on any atom is 0.227 e. The van der Waals surface area contributed by atoms with Crippen LogP contribution in [-0.4, -0.2) is 35.2 Å². The van der Waals surface area contributed by atoms with Crippen molar-refractivity contribution in [1.29, 1.82) is 0 Å². The summed E-state index contributed by atoms with van der Waals surface area (Å²) in [6.07, 6.45) is 6.00. The van der Waals surface area contributed by atoms with E-state index in [1.54, 1.807) is 13.3 Å². The number of H-pyrrole nitrogens is 1. The van der Waals surface area contributed by atoms with E-state index in [9.17, 15) is 0 Å². The molecule has 2 aromatic carbocycles. The molecule has 0 spiro atoms. The number of rotatable bonds is 5. The van der Waals surface area contributed by atoms with E-state index in [0.717, 1.165) is 46.9 Å². The topological polar surface area (TPSA) is 66.1 Å². The van der Waals surface area contributed by atoms with E-state index >= 15 is 0 Å². The standard InChI is InChI=1S/C25H26ClN5O/c1-16-9-11-31(12-10-16)17-7-8-22(23(13-17)32-2)29-25-28-15-20(26)24(30-25)19-14-27-21-6-4-3-5-18(19)21/h3-8,13-16,27H,9-12H2,1-2H3,(H,28,29,30). The molecule has 4 aromatic rings. The van der Waals surface area contributed by atoms with Crippen molar-refractivity contribution in [3.63, 3.8) is 0 Å². The van der Waals surface area contributed by atoms with E-state index < -0.39 is 0 Å². The SMILES string of the molecule is COc1cc(N2CCC(C)CC2)ccc1Nc1ncc(Cl)c(-c2c[nH]c3ccccc23)n1. The number of benzene rings is 2. The number of nitrogens with one attached hydrogen (secondary N) is 2. The zero-order valence-electron chi connectivity index (χ0n) is 18.2. The van der Waals surface area contributed by atoms with Crippen LogP contribution in [0.3, 0.4) is 0 Å². The van der Waals surface area contributed by atoms with E-state index in [-0.39, 0.29) is 0 Å². The molecular formula is C25H26ClN5O. The van der Waals surface area contributed by atoms with Gasteiger partial charge in [-0.2, -0.15) is 0 Å². The number of ether oxygens (including phenoxy) is 1. The minimum Gasteiger partial charge on any atom is -0.494 e.